The fourth-order valence-electron chi connectivity index (χ4n) is 4.11. The lowest BCUT2D eigenvalue weighted by Crippen LogP contribution is -2.49. The monoisotopic (exact) mass is 441 g/mol. The molecule has 7 heteroatoms. The third-order valence-electron chi connectivity index (χ3n) is 5.89. The van der Waals surface area contributed by atoms with Crippen molar-refractivity contribution in [3.05, 3.63) is 66.0 Å². The molecule has 2 atom stereocenters. The van der Waals surface area contributed by atoms with Crippen LogP contribution in [0.15, 0.2) is 54.6 Å². The number of carbonyl (C=O) groups excluding carboxylic acids is 2. The standard InChI is InChI=1S/C25H32FN3O3/c26-20-11-13-21(14-12-20)27-15-16-28-24(31)22(17-18-7-3-1-4-8-18)29-25(32)23(30)19-9-5-2-6-10-19/h2,5-6,9-14,18,22-23,27,30H,1,3-4,7-8,15-17H2,(H,28,31)(H,29,32)/t22-,23+/m0/s1. The van der Waals surface area contributed by atoms with E-state index >= 15 is 0 Å². The lowest BCUT2D eigenvalue weighted by atomic mass is 9.84. The van der Waals surface area contributed by atoms with E-state index in [1.807, 2.05) is 6.07 Å². The van der Waals surface area contributed by atoms with Gasteiger partial charge in [-0.1, -0.05) is 62.4 Å². The summed E-state index contributed by atoms with van der Waals surface area (Å²) in [6.07, 6.45) is 4.83. The maximum atomic E-state index is 13.0. The summed E-state index contributed by atoms with van der Waals surface area (Å²) in [5.74, 6) is -0.754. The number of hydrogen-bond donors (Lipinski definition) is 4. The lowest BCUT2D eigenvalue weighted by molar-refractivity contribution is -0.134. The summed E-state index contributed by atoms with van der Waals surface area (Å²) in [5.41, 5.74) is 1.25. The molecule has 172 valence electrons. The first kappa shape index (κ1) is 23.7. The van der Waals surface area contributed by atoms with Crippen LogP contribution in [0.3, 0.4) is 0 Å². The Bertz CT molecular complexity index is 854. The molecule has 1 saturated carbocycles. The molecular formula is C25H32FN3O3. The van der Waals surface area contributed by atoms with Crippen molar-refractivity contribution in [3.8, 4) is 0 Å². The predicted octanol–water partition coefficient (Wildman–Crippen LogP) is 3.54. The van der Waals surface area contributed by atoms with Gasteiger partial charge in [-0.2, -0.15) is 0 Å². The first-order valence-corrected chi connectivity index (χ1v) is 11.3. The minimum absolute atomic E-state index is 0.259. The average Bonchev–Trinajstić information content (AvgIpc) is 2.83. The van der Waals surface area contributed by atoms with Gasteiger partial charge in [0.1, 0.15) is 11.9 Å². The second kappa shape index (κ2) is 12.2. The first-order chi connectivity index (χ1) is 15.5. The zero-order chi connectivity index (χ0) is 22.8. The van der Waals surface area contributed by atoms with E-state index in [9.17, 15) is 19.1 Å². The normalized spacial score (nSPS) is 16.1. The molecule has 32 heavy (non-hydrogen) atoms. The highest BCUT2D eigenvalue weighted by molar-refractivity contribution is 5.89. The lowest BCUT2D eigenvalue weighted by Gasteiger charge is -2.27. The third kappa shape index (κ3) is 7.34. The Morgan fingerprint density at radius 2 is 1.62 bits per heavy atom. The number of halogens is 1. The van der Waals surface area contributed by atoms with E-state index in [0.29, 0.717) is 31.0 Å². The van der Waals surface area contributed by atoms with Crippen molar-refractivity contribution in [2.24, 2.45) is 5.92 Å². The molecule has 0 heterocycles. The predicted molar refractivity (Wildman–Crippen MR) is 122 cm³/mol. The molecule has 0 aromatic heterocycles. The zero-order valence-corrected chi connectivity index (χ0v) is 18.2. The number of amides is 2. The maximum absolute atomic E-state index is 13.0. The van der Waals surface area contributed by atoms with Crippen molar-refractivity contribution in [3.63, 3.8) is 0 Å². The Labute approximate surface area is 188 Å². The molecule has 1 fully saturated rings. The number of nitrogens with one attached hydrogen (secondary N) is 3. The molecule has 0 radical (unpaired) electrons. The summed E-state index contributed by atoms with van der Waals surface area (Å²) in [7, 11) is 0. The van der Waals surface area contributed by atoms with Crippen LogP contribution in [-0.2, 0) is 9.59 Å². The van der Waals surface area contributed by atoms with E-state index in [1.54, 1.807) is 36.4 Å². The Morgan fingerprint density at radius 1 is 0.938 bits per heavy atom. The minimum atomic E-state index is -1.32. The van der Waals surface area contributed by atoms with E-state index in [2.05, 4.69) is 16.0 Å². The van der Waals surface area contributed by atoms with Gasteiger partial charge >= 0.3 is 0 Å². The molecular weight excluding hydrogens is 409 g/mol. The van der Waals surface area contributed by atoms with Gasteiger partial charge in [0.2, 0.25) is 5.91 Å². The fourth-order valence-corrected chi connectivity index (χ4v) is 4.11. The fraction of sp³-hybridized carbons (Fsp3) is 0.440. The number of carbonyl (C=O) groups is 2. The molecule has 1 aliphatic carbocycles. The van der Waals surface area contributed by atoms with Crippen molar-refractivity contribution in [2.75, 3.05) is 18.4 Å². The average molecular weight is 442 g/mol. The Hall–Kier alpha value is -2.93. The van der Waals surface area contributed by atoms with Gasteiger partial charge < -0.3 is 21.1 Å². The molecule has 4 N–H and O–H groups in total. The highest BCUT2D eigenvalue weighted by Crippen LogP contribution is 2.27. The molecule has 1 aliphatic rings. The maximum Gasteiger partial charge on any atom is 0.254 e. The van der Waals surface area contributed by atoms with E-state index in [1.165, 1.54) is 18.6 Å². The van der Waals surface area contributed by atoms with E-state index in [-0.39, 0.29) is 11.7 Å². The van der Waals surface area contributed by atoms with Gasteiger partial charge in [0.25, 0.3) is 5.91 Å². The Kier molecular flexibility index (Phi) is 9.04. The van der Waals surface area contributed by atoms with E-state index in [4.69, 9.17) is 0 Å². The molecule has 3 rings (SSSR count). The van der Waals surface area contributed by atoms with Gasteiger partial charge in [-0.25, -0.2) is 4.39 Å². The molecule has 0 aliphatic heterocycles. The van der Waals surface area contributed by atoms with Gasteiger partial charge in [-0.05, 0) is 42.2 Å². The van der Waals surface area contributed by atoms with Crippen LogP contribution in [0, 0.1) is 11.7 Å². The van der Waals surface area contributed by atoms with Crippen molar-refractivity contribution in [1.82, 2.24) is 10.6 Å². The Balaban J connectivity index is 1.54. The van der Waals surface area contributed by atoms with Crippen molar-refractivity contribution in [1.29, 1.82) is 0 Å². The SMILES string of the molecule is O=C(NCCNc1ccc(F)cc1)[C@H](CC1CCCCC1)NC(=O)[C@H](O)c1ccccc1. The second-order valence-electron chi connectivity index (χ2n) is 8.34. The first-order valence-electron chi connectivity index (χ1n) is 11.3. The van der Waals surface area contributed by atoms with Crippen LogP contribution in [0.2, 0.25) is 0 Å². The molecule has 2 aromatic carbocycles. The molecule has 6 nitrogen and oxygen atoms in total. The molecule has 0 spiro atoms. The summed E-state index contributed by atoms with van der Waals surface area (Å²) in [6, 6.07) is 14.0. The Morgan fingerprint density at radius 3 is 2.31 bits per heavy atom. The van der Waals surface area contributed by atoms with E-state index in [0.717, 1.165) is 31.4 Å². The quantitative estimate of drug-likeness (QED) is 0.425. The zero-order valence-electron chi connectivity index (χ0n) is 18.2. The molecule has 2 aromatic rings. The number of anilines is 1. The highest BCUT2D eigenvalue weighted by atomic mass is 19.1. The summed E-state index contributed by atoms with van der Waals surface area (Å²) < 4.78 is 13.0. The summed E-state index contributed by atoms with van der Waals surface area (Å²) >= 11 is 0. The van der Waals surface area contributed by atoms with Crippen molar-refractivity contribution < 1.29 is 19.1 Å². The van der Waals surface area contributed by atoms with Crippen LogP contribution < -0.4 is 16.0 Å². The van der Waals surface area contributed by atoms with Crippen LogP contribution in [0.5, 0.6) is 0 Å². The topological polar surface area (TPSA) is 90.5 Å². The van der Waals surface area contributed by atoms with Gasteiger partial charge in [0, 0.05) is 18.8 Å². The third-order valence-corrected chi connectivity index (χ3v) is 5.89. The molecule has 2 amide bonds. The minimum Gasteiger partial charge on any atom is -0.383 e. The van der Waals surface area contributed by atoms with Gasteiger partial charge in [-0.15, -0.1) is 0 Å². The number of benzene rings is 2. The summed E-state index contributed by atoms with van der Waals surface area (Å²) in [4.78, 5) is 25.5. The van der Waals surface area contributed by atoms with Crippen LogP contribution in [-0.4, -0.2) is 36.1 Å². The number of hydrogen-bond acceptors (Lipinski definition) is 4. The number of aliphatic hydroxyl groups excluding tert-OH is 1. The van der Waals surface area contributed by atoms with Crippen LogP contribution in [0.4, 0.5) is 10.1 Å². The van der Waals surface area contributed by atoms with Crippen LogP contribution in [0.1, 0.15) is 50.2 Å². The van der Waals surface area contributed by atoms with Crippen LogP contribution in [0.25, 0.3) is 0 Å². The van der Waals surface area contributed by atoms with Gasteiger partial charge in [-0.3, -0.25) is 9.59 Å². The van der Waals surface area contributed by atoms with E-state index < -0.39 is 18.1 Å². The van der Waals surface area contributed by atoms with Gasteiger partial charge in [0.15, 0.2) is 6.10 Å². The molecule has 0 saturated heterocycles. The largest absolute Gasteiger partial charge is 0.383 e. The molecule has 0 bridgehead atoms. The number of aliphatic hydroxyl groups is 1. The smallest absolute Gasteiger partial charge is 0.254 e. The van der Waals surface area contributed by atoms with Crippen molar-refractivity contribution >= 4 is 17.5 Å². The highest BCUT2D eigenvalue weighted by Gasteiger charge is 2.28. The van der Waals surface area contributed by atoms with Gasteiger partial charge in [0.05, 0.1) is 0 Å². The second-order valence-corrected chi connectivity index (χ2v) is 8.34. The summed E-state index contributed by atoms with van der Waals surface area (Å²) in [5, 5.41) is 19.2. The number of rotatable bonds is 10. The molecule has 0 unspecified atom stereocenters. The summed E-state index contributed by atoms with van der Waals surface area (Å²) in [6.45, 7) is 0.822. The van der Waals surface area contributed by atoms with Crippen LogP contribution >= 0.6 is 0 Å². The van der Waals surface area contributed by atoms with Crippen molar-refractivity contribution in [2.45, 2.75) is 50.7 Å².